The first kappa shape index (κ1) is 16.1. The summed E-state index contributed by atoms with van der Waals surface area (Å²) in [6, 6.07) is 17.3. The third kappa shape index (κ3) is 3.93. The van der Waals surface area contributed by atoms with Gasteiger partial charge < -0.3 is 15.0 Å². The first-order valence-corrected chi connectivity index (χ1v) is 8.06. The molecule has 0 aromatic heterocycles. The van der Waals surface area contributed by atoms with Crippen LogP contribution in [0.2, 0.25) is 0 Å². The lowest BCUT2D eigenvalue weighted by Gasteiger charge is -2.27. The molecule has 5 heteroatoms. The second-order valence-electron chi connectivity index (χ2n) is 5.66. The summed E-state index contributed by atoms with van der Waals surface area (Å²) in [5, 5.41) is 2.72. The molecule has 0 unspecified atom stereocenters. The van der Waals surface area contributed by atoms with Crippen LogP contribution in [0, 0.1) is 0 Å². The Balaban J connectivity index is 1.66. The summed E-state index contributed by atoms with van der Waals surface area (Å²) in [4.78, 5) is 25.7. The van der Waals surface area contributed by atoms with E-state index in [2.05, 4.69) is 5.32 Å². The molecule has 1 heterocycles. The number of hydrogen-bond acceptors (Lipinski definition) is 3. The van der Waals surface area contributed by atoms with Crippen LogP contribution in [0.5, 0.6) is 5.75 Å². The SMILES string of the molecule is O=C1CN(C(=O)c2ccccc2OCCc2ccccc2)CCN1. The van der Waals surface area contributed by atoms with Gasteiger partial charge in [0.15, 0.2) is 0 Å². The maximum absolute atomic E-state index is 12.7. The molecule has 1 aliphatic rings. The van der Waals surface area contributed by atoms with Gasteiger partial charge in [0.2, 0.25) is 5.91 Å². The van der Waals surface area contributed by atoms with Gasteiger partial charge in [-0.3, -0.25) is 9.59 Å². The fourth-order valence-electron chi connectivity index (χ4n) is 2.67. The predicted octanol–water partition coefficient (Wildman–Crippen LogP) is 1.88. The number of hydrogen-bond donors (Lipinski definition) is 1. The molecule has 24 heavy (non-hydrogen) atoms. The maximum atomic E-state index is 12.7. The van der Waals surface area contributed by atoms with Gasteiger partial charge in [-0.25, -0.2) is 0 Å². The molecule has 5 nitrogen and oxygen atoms in total. The summed E-state index contributed by atoms with van der Waals surface area (Å²) in [5.74, 6) is 0.265. The fourth-order valence-corrected chi connectivity index (χ4v) is 2.67. The van der Waals surface area contributed by atoms with Crippen molar-refractivity contribution in [1.82, 2.24) is 10.2 Å². The average Bonchev–Trinajstić information content (AvgIpc) is 2.62. The Morgan fingerprint density at radius 3 is 2.62 bits per heavy atom. The quantitative estimate of drug-likeness (QED) is 0.913. The summed E-state index contributed by atoms with van der Waals surface area (Å²) >= 11 is 0. The second-order valence-corrected chi connectivity index (χ2v) is 5.66. The Hall–Kier alpha value is -2.82. The van der Waals surface area contributed by atoms with Crippen LogP contribution in [0.15, 0.2) is 54.6 Å². The van der Waals surface area contributed by atoms with E-state index in [9.17, 15) is 9.59 Å². The van der Waals surface area contributed by atoms with Crippen molar-refractivity contribution < 1.29 is 14.3 Å². The highest BCUT2D eigenvalue weighted by Gasteiger charge is 2.24. The van der Waals surface area contributed by atoms with E-state index in [0.29, 0.717) is 31.0 Å². The van der Waals surface area contributed by atoms with E-state index >= 15 is 0 Å². The molecular weight excluding hydrogens is 304 g/mol. The molecule has 2 aromatic rings. The zero-order valence-corrected chi connectivity index (χ0v) is 13.4. The molecule has 0 radical (unpaired) electrons. The first-order valence-electron chi connectivity index (χ1n) is 8.06. The molecule has 0 atom stereocenters. The van der Waals surface area contributed by atoms with E-state index in [1.807, 2.05) is 36.4 Å². The topological polar surface area (TPSA) is 58.6 Å². The van der Waals surface area contributed by atoms with Crippen LogP contribution < -0.4 is 10.1 Å². The van der Waals surface area contributed by atoms with Gasteiger partial charge in [-0.05, 0) is 17.7 Å². The minimum Gasteiger partial charge on any atom is -0.492 e. The summed E-state index contributed by atoms with van der Waals surface area (Å²) < 4.78 is 5.83. The molecule has 0 bridgehead atoms. The normalized spacial score (nSPS) is 14.2. The van der Waals surface area contributed by atoms with Gasteiger partial charge in [-0.15, -0.1) is 0 Å². The highest BCUT2D eigenvalue weighted by molar-refractivity contribution is 5.99. The van der Waals surface area contributed by atoms with Crippen molar-refractivity contribution in [3.63, 3.8) is 0 Å². The van der Waals surface area contributed by atoms with Crippen molar-refractivity contribution in [2.75, 3.05) is 26.2 Å². The van der Waals surface area contributed by atoms with Crippen LogP contribution in [-0.2, 0) is 11.2 Å². The van der Waals surface area contributed by atoms with Crippen molar-refractivity contribution in [2.24, 2.45) is 0 Å². The molecule has 2 amide bonds. The standard InChI is InChI=1S/C19H20N2O3/c22-18-14-21(12-11-20-18)19(23)16-8-4-5-9-17(16)24-13-10-15-6-2-1-3-7-15/h1-9H,10-14H2,(H,20,22). The number of carbonyl (C=O) groups is 2. The van der Waals surface area contributed by atoms with Gasteiger partial charge >= 0.3 is 0 Å². The molecule has 1 N–H and O–H groups in total. The molecular formula is C19H20N2O3. The molecule has 124 valence electrons. The number of carbonyl (C=O) groups excluding carboxylic acids is 2. The largest absolute Gasteiger partial charge is 0.492 e. The van der Waals surface area contributed by atoms with Crippen LogP contribution in [0.3, 0.4) is 0 Å². The molecule has 1 aliphatic heterocycles. The highest BCUT2D eigenvalue weighted by Crippen LogP contribution is 2.20. The molecule has 3 rings (SSSR count). The van der Waals surface area contributed by atoms with E-state index < -0.39 is 0 Å². The molecule has 0 spiro atoms. The van der Waals surface area contributed by atoms with E-state index in [0.717, 1.165) is 6.42 Å². The van der Waals surface area contributed by atoms with Gasteiger partial charge in [0, 0.05) is 19.5 Å². The zero-order chi connectivity index (χ0) is 16.8. The minimum absolute atomic E-state index is 0.0944. The van der Waals surface area contributed by atoms with E-state index in [1.54, 1.807) is 23.1 Å². The molecule has 0 aliphatic carbocycles. The van der Waals surface area contributed by atoms with Crippen molar-refractivity contribution in [1.29, 1.82) is 0 Å². The Morgan fingerprint density at radius 2 is 1.83 bits per heavy atom. The van der Waals surface area contributed by atoms with Crippen molar-refractivity contribution >= 4 is 11.8 Å². The van der Waals surface area contributed by atoms with Gasteiger partial charge in [0.1, 0.15) is 5.75 Å². The smallest absolute Gasteiger partial charge is 0.258 e. The summed E-state index contributed by atoms with van der Waals surface area (Å²) in [6.07, 6.45) is 0.773. The number of nitrogens with zero attached hydrogens (tertiary/aromatic N) is 1. The Morgan fingerprint density at radius 1 is 1.08 bits per heavy atom. The Labute approximate surface area is 141 Å². The minimum atomic E-state index is -0.167. The van der Waals surface area contributed by atoms with Gasteiger partial charge in [-0.1, -0.05) is 42.5 Å². The van der Waals surface area contributed by atoms with Crippen LogP contribution in [0.4, 0.5) is 0 Å². The van der Waals surface area contributed by atoms with Crippen molar-refractivity contribution in [3.05, 3.63) is 65.7 Å². The average molecular weight is 324 g/mol. The monoisotopic (exact) mass is 324 g/mol. The second kappa shape index (κ2) is 7.64. The summed E-state index contributed by atoms with van der Waals surface area (Å²) in [7, 11) is 0. The summed E-state index contributed by atoms with van der Waals surface area (Å²) in [6.45, 7) is 1.59. The fraction of sp³-hybridized carbons (Fsp3) is 0.263. The van der Waals surface area contributed by atoms with Crippen LogP contribution in [-0.4, -0.2) is 43.0 Å². The number of rotatable bonds is 5. The Kier molecular flexibility index (Phi) is 5.11. The third-order valence-electron chi connectivity index (χ3n) is 3.93. The molecule has 0 saturated carbocycles. The first-order chi connectivity index (χ1) is 11.7. The van der Waals surface area contributed by atoms with Crippen LogP contribution in [0.1, 0.15) is 15.9 Å². The zero-order valence-electron chi connectivity index (χ0n) is 13.4. The van der Waals surface area contributed by atoms with Crippen molar-refractivity contribution in [2.45, 2.75) is 6.42 Å². The summed E-state index contributed by atoms with van der Waals surface area (Å²) in [5.41, 5.74) is 1.69. The van der Waals surface area contributed by atoms with Crippen LogP contribution in [0.25, 0.3) is 0 Å². The number of benzene rings is 2. The van der Waals surface area contributed by atoms with Gasteiger partial charge in [-0.2, -0.15) is 0 Å². The number of amides is 2. The lowest BCUT2D eigenvalue weighted by atomic mass is 10.1. The highest BCUT2D eigenvalue weighted by atomic mass is 16.5. The lowest BCUT2D eigenvalue weighted by Crippen LogP contribution is -2.50. The van der Waals surface area contributed by atoms with Crippen LogP contribution >= 0.6 is 0 Å². The number of nitrogens with one attached hydrogen (secondary N) is 1. The van der Waals surface area contributed by atoms with E-state index in [1.165, 1.54) is 5.56 Å². The van der Waals surface area contributed by atoms with Crippen molar-refractivity contribution in [3.8, 4) is 5.75 Å². The number of para-hydroxylation sites is 1. The molecule has 2 aromatic carbocycles. The number of piperazine rings is 1. The van der Waals surface area contributed by atoms with Gasteiger partial charge in [0.05, 0.1) is 18.7 Å². The third-order valence-corrected chi connectivity index (χ3v) is 3.93. The lowest BCUT2D eigenvalue weighted by molar-refractivity contribution is -0.123. The Bertz CT molecular complexity index is 716. The van der Waals surface area contributed by atoms with E-state index in [4.69, 9.17) is 4.74 Å². The van der Waals surface area contributed by atoms with E-state index in [-0.39, 0.29) is 18.4 Å². The maximum Gasteiger partial charge on any atom is 0.258 e. The van der Waals surface area contributed by atoms with Gasteiger partial charge in [0.25, 0.3) is 5.91 Å². The predicted molar refractivity (Wildman–Crippen MR) is 91.0 cm³/mol. The number of ether oxygens (including phenoxy) is 1. The molecule has 1 fully saturated rings. The molecule has 1 saturated heterocycles.